The first-order valence-electron chi connectivity index (χ1n) is 4.43. The van der Waals surface area contributed by atoms with Crippen molar-refractivity contribution in [3.05, 3.63) is 25.6 Å². The van der Waals surface area contributed by atoms with Gasteiger partial charge in [-0.2, -0.15) is 0 Å². The molecule has 78 valence electrons. The molecule has 5 heteroatoms. The second-order valence-corrected chi connectivity index (χ2v) is 5.88. The van der Waals surface area contributed by atoms with Crippen molar-refractivity contribution in [1.82, 2.24) is 9.97 Å². The van der Waals surface area contributed by atoms with Crippen LogP contribution in [0.15, 0.2) is 12.3 Å². The van der Waals surface area contributed by atoms with Crippen molar-refractivity contribution < 1.29 is 0 Å². The predicted molar refractivity (Wildman–Crippen MR) is 71.9 cm³/mol. The number of anilines is 1. The zero-order chi connectivity index (χ0) is 11.0. The van der Waals surface area contributed by atoms with Gasteiger partial charge in [-0.25, -0.2) is 9.97 Å². The Morgan fingerprint density at radius 1 is 1.40 bits per heavy atom. The fraction of sp³-hybridized carbons (Fsp3) is 0.200. The lowest BCUT2D eigenvalue weighted by atomic mass is 10.2. The lowest BCUT2D eigenvalue weighted by Gasteiger charge is -2.01. The summed E-state index contributed by atoms with van der Waals surface area (Å²) < 4.78 is 0.890. The van der Waals surface area contributed by atoms with Gasteiger partial charge in [0, 0.05) is 21.5 Å². The molecule has 2 aromatic heterocycles. The Balaban J connectivity index is 2.54. The van der Waals surface area contributed by atoms with Crippen LogP contribution in [0.1, 0.15) is 9.75 Å². The van der Waals surface area contributed by atoms with Crippen LogP contribution in [0.5, 0.6) is 0 Å². The third-order valence-electron chi connectivity index (χ3n) is 2.05. The van der Waals surface area contributed by atoms with Crippen LogP contribution in [-0.2, 0) is 0 Å². The van der Waals surface area contributed by atoms with Crippen LogP contribution in [0.4, 0.5) is 5.82 Å². The highest BCUT2D eigenvalue weighted by Gasteiger charge is 2.09. The zero-order valence-electron chi connectivity index (χ0n) is 8.41. The molecule has 2 heterocycles. The van der Waals surface area contributed by atoms with E-state index in [4.69, 9.17) is 5.73 Å². The molecule has 0 amide bonds. The molecule has 0 fully saturated rings. The minimum atomic E-state index is 0.545. The number of hydrogen-bond acceptors (Lipinski definition) is 4. The van der Waals surface area contributed by atoms with Gasteiger partial charge in [-0.3, -0.25) is 0 Å². The molecule has 0 bridgehead atoms. The van der Waals surface area contributed by atoms with Crippen LogP contribution < -0.4 is 5.73 Å². The molecule has 0 unspecified atom stereocenters. The highest BCUT2D eigenvalue weighted by atomic mass is 127. The molecule has 0 spiro atoms. The van der Waals surface area contributed by atoms with Gasteiger partial charge < -0.3 is 5.73 Å². The van der Waals surface area contributed by atoms with Gasteiger partial charge in [-0.05, 0) is 42.5 Å². The number of hydrogen-bond donors (Lipinski definition) is 1. The van der Waals surface area contributed by atoms with E-state index in [2.05, 4.69) is 52.5 Å². The minimum Gasteiger partial charge on any atom is -0.383 e. The summed E-state index contributed by atoms with van der Waals surface area (Å²) in [4.78, 5) is 11.1. The largest absolute Gasteiger partial charge is 0.383 e. The molecular formula is C10H10IN3S. The Morgan fingerprint density at radius 3 is 2.67 bits per heavy atom. The molecular weight excluding hydrogens is 321 g/mol. The number of nitrogens with zero attached hydrogens (tertiary/aromatic N) is 2. The van der Waals surface area contributed by atoms with Crippen molar-refractivity contribution in [3.63, 3.8) is 0 Å². The van der Waals surface area contributed by atoms with Crippen LogP contribution >= 0.6 is 33.9 Å². The van der Waals surface area contributed by atoms with Crippen molar-refractivity contribution in [3.8, 4) is 11.4 Å². The minimum absolute atomic E-state index is 0.545. The quantitative estimate of drug-likeness (QED) is 0.818. The number of aromatic nitrogens is 2. The molecule has 0 aliphatic carbocycles. The second kappa shape index (κ2) is 4.05. The number of nitrogens with two attached hydrogens (primary N) is 1. The van der Waals surface area contributed by atoms with E-state index in [0.29, 0.717) is 5.82 Å². The molecule has 2 N–H and O–H groups in total. The van der Waals surface area contributed by atoms with Gasteiger partial charge in [0.15, 0.2) is 5.82 Å². The van der Waals surface area contributed by atoms with Gasteiger partial charge in [0.05, 0.1) is 3.57 Å². The maximum absolute atomic E-state index is 5.76. The van der Waals surface area contributed by atoms with E-state index in [0.717, 1.165) is 15.0 Å². The first-order chi connectivity index (χ1) is 7.08. The first kappa shape index (κ1) is 10.8. The smallest absolute Gasteiger partial charge is 0.162 e. The number of halogens is 1. The summed E-state index contributed by atoms with van der Waals surface area (Å²) >= 11 is 3.88. The summed E-state index contributed by atoms with van der Waals surface area (Å²) in [5.74, 6) is 1.26. The average Bonchev–Trinajstić information content (AvgIpc) is 2.50. The normalized spacial score (nSPS) is 10.6. The van der Waals surface area contributed by atoms with Crippen molar-refractivity contribution in [1.29, 1.82) is 0 Å². The van der Waals surface area contributed by atoms with Gasteiger partial charge in [0.1, 0.15) is 5.82 Å². The Hall–Kier alpha value is -0.690. The van der Waals surface area contributed by atoms with Crippen molar-refractivity contribution in [2.75, 3.05) is 5.73 Å². The van der Waals surface area contributed by atoms with E-state index >= 15 is 0 Å². The monoisotopic (exact) mass is 331 g/mol. The molecule has 15 heavy (non-hydrogen) atoms. The van der Waals surface area contributed by atoms with Crippen LogP contribution in [-0.4, -0.2) is 9.97 Å². The van der Waals surface area contributed by atoms with Crippen molar-refractivity contribution >= 4 is 39.7 Å². The lowest BCUT2D eigenvalue weighted by molar-refractivity contribution is 1.17. The summed E-state index contributed by atoms with van der Waals surface area (Å²) in [6.07, 6.45) is 1.75. The van der Waals surface area contributed by atoms with E-state index in [9.17, 15) is 0 Å². The van der Waals surface area contributed by atoms with E-state index in [1.165, 1.54) is 9.75 Å². The Kier molecular flexibility index (Phi) is 2.92. The van der Waals surface area contributed by atoms with Crippen LogP contribution in [0.2, 0.25) is 0 Å². The molecule has 0 atom stereocenters. The Labute approximate surface area is 106 Å². The summed E-state index contributed by atoms with van der Waals surface area (Å²) in [5, 5.41) is 0. The van der Waals surface area contributed by atoms with Crippen LogP contribution in [0.25, 0.3) is 11.4 Å². The Morgan fingerprint density at radius 2 is 2.13 bits per heavy atom. The fourth-order valence-electron chi connectivity index (χ4n) is 1.36. The Bertz CT molecular complexity index is 507. The molecule has 2 rings (SSSR count). The van der Waals surface area contributed by atoms with E-state index in [1.807, 2.05) is 0 Å². The van der Waals surface area contributed by atoms with Crippen molar-refractivity contribution in [2.24, 2.45) is 0 Å². The van der Waals surface area contributed by atoms with Gasteiger partial charge in [-0.15, -0.1) is 11.3 Å². The summed E-state index contributed by atoms with van der Waals surface area (Å²) in [6, 6.07) is 2.10. The summed E-state index contributed by atoms with van der Waals surface area (Å²) in [5.41, 5.74) is 6.84. The third-order valence-corrected chi connectivity index (χ3v) is 3.85. The van der Waals surface area contributed by atoms with E-state index in [1.54, 1.807) is 17.5 Å². The number of aryl methyl sites for hydroxylation is 2. The van der Waals surface area contributed by atoms with Crippen LogP contribution in [0, 0.1) is 17.4 Å². The standard InChI is InChI=1S/C10H10IN3S/c1-5-3-7(6(2)15-5)10-13-4-8(11)9(12)14-10/h3-4H,1-2H3,(H2,12,13,14). The predicted octanol–water partition coefficient (Wildman–Crippen LogP) is 3.01. The molecule has 0 saturated carbocycles. The number of thiophene rings is 1. The second-order valence-electron chi connectivity index (χ2n) is 3.25. The van der Waals surface area contributed by atoms with Crippen molar-refractivity contribution in [2.45, 2.75) is 13.8 Å². The maximum Gasteiger partial charge on any atom is 0.162 e. The molecule has 3 nitrogen and oxygen atoms in total. The first-order valence-corrected chi connectivity index (χ1v) is 6.33. The van der Waals surface area contributed by atoms with Crippen LogP contribution in [0.3, 0.4) is 0 Å². The van der Waals surface area contributed by atoms with E-state index in [-0.39, 0.29) is 0 Å². The molecule has 0 aromatic carbocycles. The van der Waals surface area contributed by atoms with Gasteiger partial charge in [0.2, 0.25) is 0 Å². The fourth-order valence-corrected chi connectivity index (χ4v) is 2.54. The highest BCUT2D eigenvalue weighted by molar-refractivity contribution is 14.1. The summed E-state index contributed by atoms with van der Waals surface area (Å²) in [7, 11) is 0. The molecule has 0 aliphatic rings. The molecule has 0 aliphatic heterocycles. The number of rotatable bonds is 1. The topological polar surface area (TPSA) is 51.8 Å². The SMILES string of the molecule is Cc1cc(-c2ncc(I)c(N)n2)c(C)s1. The van der Waals surface area contributed by atoms with Gasteiger partial charge >= 0.3 is 0 Å². The number of nitrogen functional groups attached to an aromatic ring is 1. The average molecular weight is 331 g/mol. The molecule has 0 saturated heterocycles. The maximum atomic E-state index is 5.76. The van der Waals surface area contributed by atoms with Gasteiger partial charge in [0.25, 0.3) is 0 Å². The highest BCUT2D eigenvalue weighted by Crippen LogP contribution is 2.28. The zero-order valence-corrected chi connectivity index (χ0v) is 11.4. The lowest BCUT2D eigenvalue weighted by Crippen LogP contribution is -1.98. The molecule has 2 aromatic rings. The molecule has 0 radical (unpaired) electrons. The third kappa shape index (κ3) is 2.12. The summed E-state index contributed by atoms with van der Waals surface area (Å²) in [6.45, 7) is 4.15. The van der Waals surface area contributed by atoms with Gasteiger partial charge in [-0.1, -0.05) is 0 Å². The van der Waals surface area contributed by atoms with E-state index < -0.39 is 0 Å².